The van der Waals surface area contributed by atoms with Gasteiger partial charge in [0.25, 0.3) is 5.91 Å². The van der Waals surface area contributed by atoms with Crippen molar-refractivity contribution in [2.45, 2.75) is 18.9 Å². The molecule has 2 aromatic heterocycles. The summed E-state index contributed by atoms with van der Waals surface area (Å²) >= 11 is 1.77. The van der Waals surface area contributed by atoms with Gasteiger partial charge in [-0.2, -0.15) is 0 Å². The molecule has 1 aliphatic rings. The first-order chi connectivity index (χ1) is 10.7. The van der Waals surface area contributed by atoms with Crippen LogP contribution in [0.3, 0.4) is 0 Å². The molecule has 0 radical (unpaired) electrons. The summed E-state index contributed by atoms with van der Waals surface area (Å²) in [6, 6.07) is 6.18. The third kappa shape index (κ3) is 3.42. The maximum atomic E-state index is 11.2. The average Bonchev–Trinajstić information content (AvgIpc) is 3.21. The predicted octanol–water partition coefficient (Wildman–Crippen LogP) is 1.89. The van der Waals surface area contributed by atoms with Gasteiger partial charge in [0, 0.05) is 17.5 Å². The summed E-state index contributed by atoms with van der Waals surface area (Å²) in [5, 5.41) is 5.42. The Morgan fingerprint density at radius 3 is 2.91 bits per heavy atom. The monoisotopic (exact) mass is 317 g/mol. The molecule has 0 spiro atoms. The fourth-order valence-corrected chi connectivity index (χ4v) is 3.59. The molecule has 116 valence electrons. The van der Waals surface area contributed by atoms with Crippen molar-refractivity contribution in [1.82, 2.24) is 14.9 Å². The van der Waals surface area contributed by atoms with Crippen LogP contribution < -0.4 is 11.1 Å². The number of aromatic nitrogens is 2. The van der Waals surface area contributed by atoms with Crippen LogP contribution in [0.4, 0.5) is 5.82 Å². The number of rotatable bonds is 6. The number of primary amides is 1. The number of hydrogen-bond acceptors (Lipinski definition) is 6. The van der Waals surface area contributed by atoms with Crippen molar-refractivity contribution in [2.24, 2.45) is 5.73 Å². The van der Waals surface area contributed by atoms with Crippen LogP contribution in [0, 0.1) is 0 Å². The van der Waals surface area contributed by atoms with E-state index in [4.69, 9.17) is 5.73 Å². The van der Waals surface area contributed by atoms with Crippen molar-refractivity contribution in [3.05, 3.63) is 40.5 Å². The largest absolute Gasteiger partial charge is 0.368 e. The zero-order valence-electron chi connectivity index (χ0n) is 12.2. The van der Waals surface area contributed by atoms with Crippen LogP contribution in [0.5, 0.6) is 0 Å². The lowest BCUT2D eigenvalue weighted by Gasteiger charge is -2.27. The standard InChI is InChI=1S/C15H19N5OS/c16-15(21)11-8-14(19-10-18-11)17-9-12(13-4-3-7-22-13)20-5-1-2-6-20/h3-4,7-8,10,12H,1-2,5-6,9H2,(H2,16,21)(H,17,18,19). The first-order valence-electron chi connectivity index (χ1n) is 7.37. The predicted molar refractivity (Wildman–Crippen MR) is 86.9 cm³/mol. The summed E-state index contributed by atoms with van der Waals surface area (Å²) in [5.41, 5.74) is 5.48. The fourth-order valence-electron chi connectivity index (χ4n) is 2.73. The number of nitrogens with one attached hydrogen (secondary N) is 1. The van der Waals surface area contributed by atoms with E-state index in [1.165, 1.54) is 24.0 Å². The second kappa shape index (κ2) is 6.85. The molecule has 2 aromatic rings. The quantitative estimate of drug-likeness (QED) is 0.850. The van der Waals surface area contributed by atoms with E-state index in [1.54, 1.807) is 17.4 Å². The van der Waals surface area contributed by atoms with Gasteiger partial charge in [-0.25, -0.2) is 9.97 Å². The second-order valence-electron chi connectivity index (χ2n) is 5.31. The summed E-state index contributed by atoms with van der Waals surface area (Å²) in [7, 11) is 0. The molecule has 22 heavy (non-hydrogen) atoms. The molecular weight excluding hydrogens is 298 g/mol. The molecule has 3 heterocycles. The smallest absolute Gasteiger partial charge is 0.267 e. The van der Waals surface area contributed by atoms with Gasteiger partial charge in [-0.1, -0.05) is 6.07 Å². The molecule has 1 aliphatic heterocycles. The summed E-state index contributed by atoms with van der Waals surface area (Å²) in [5.74, 6) is 0.0874. The molecule has 0 saturated carbocycles. The van der Waals surface area contributed by atoms with Gasteiger partial charge in [0.1, 0.15) is 17.8 Å². The molecule has 6 nitrogen and oxygen atoms in total. The van der Waals surface area contributed by atoms with Crippen LogP contribution in [0.25, 0.3) is 0 Å². The normalized spacial score (nSPS) is 16.5. The highest BCUT2D eigenvalue weighted by atomic mass is 32.1. The van der Waals surface area contributed by atoms with E-state index in [0.29, 0.717) is 11.9 Å². The lowest BCUT2D eigenvalue weighted by molar-refractivity contribution is 0.0995. The Hall–Kier alpha value is -1.99. The Balaban J connectivity index is 1.71. The SMILES string of the molecule is NC(=O)c1cc(NCC(c2cccs2)N2CCCC2)ncn1. The first-order valence-corrected chi connectivity index (χ1v) is 8.25. The Labute approximate surface area is 133 Å². The van der Waals surface area contributed by atoms with Crippen molar-refractivity contribution in [1.29, 1.82) is 0 Å². The van der Waals surface area contributed by atoms with Crippen LogP contribution >= 0.6 is 11.3 Å². The molecule has 1 amide bonds. The van der Waals surface area contributed by atoms with Crippen LogP contribution in [-0.4, -0.2) is 40.4 Å². The summed E-state index contributed by atoms with van der Waals surface area (Å²) in [6.07, 6.45) is 3.86. The lowest BCUT2D eigenvalue weighted by atomic mass is 10.2. The van der Waals surface area contributed by atoms with E-state index in [2.05, 4.69) is 37.7 Å². The Morgan fingerprint density at radius 1 is 1.41 bits per heavy atom. The third-order valence-corrected chi connectivity index (χ3v) is 4.82. The van der Waals surface area contributed by atoms with Gasteiger partial charge in [-0.15, -0.1) is 11.3 Å². The van der Waals surface area contributed by atoms with Crippen LogP contribution in [0.15, 0.2) is 29.9 Å². The molecule has 0 bridgehead atoms. The van der Waals surface area contributed by atoms with Crippen molar-refractivity contribution >= 4 is 23.1 Å². The van der Waals surface area contributed by atoms with Gasteiger partial charge in [0.2, 0.25) is 0 Å². The topological polar surface area (TPSA) is 84.1 Å². The summed E-state index contributed by atoms with van der Waals surface area (Å²) < 4.78 is 0. The molecule has 0 aliphatic carbocycles. The third-order valence-electron chi connectivity index (χ3n) is 3.85. The van der Waals surface area contributed by atoms with Gasteiger partial charge in [-0.05, 0) is 37.4 Å². The minimum atomic E-state index is -0.542. The number of amides is 1. The van der Waals surface area contributed by atoms with Crippen molar-refractivity contribution < 1.29 is 4.79 Å². The van der Waals surface area contributed by atoms with Gasteiger partial charge < -0.3 is 11.1 Å². The highest BCUT2D eigenvalue weighted by Crippen LogP contribution is 2.28. The average molecular weight is 317 g/mol. The van der Waals surface area contributed by atoms with Crippen LogP contribution in [-0.2, 0) is 0 Å². The lowest BCUT2D eigenvalue weighted by Crippen LogP contribution is -2.30. The number of carbonyl (C=O) groups is 1. The fraction of sp³-hybridized carbons (Fsp3) is 0.400. The molecule has 1 atom stereocenters. The van der Waals surface area contributed by atoms with Crippen LogP contribution in [0.2, 0.25) is 0 Å². The Kier molecular flexibility index (Phi) is 4.65. The molecule has 1 fully saturated rings. The van der Waals surface area contributed by atoms with E-state index >= 15 is 0 Å². The van der Waals surface area contributed by atoms with Gasteiger partial charge in [0.15, 0.2) is 0 Å². The Morgan fingerprint density at radius 2 is 2.23 bits per heavy atom. The minimum Gasteiger partial charge on any atom is -0.368 e. The summed E-state index contributed by atoms with van der Waals surface area (Å²) in [4.78, 5) is 23.0. The highest BCUT2D eigenvalue weighted by Gasteiger charge is 2.24. The number of carbonyl (C=O) groups excluding carboxylic acids is 1. The number of thiophene rings is 1. The number of anilines is 1. The maximum Gasteiger partial charge on any atom is 0.267 e. The van der Waals surface area contributed by atoms with E-state index in [9.17, 15) is 4.79 Å². The van der Waals surface area contributed by atoms with Crippen molar-refractivity contribution in [3.8, 4) is 0 Å². The van der Waals surface area contributed by atoms with Crippen molar-refractivity contribution in [3.63, 3.8) is 0 Å². The molecule has 3 N–H and O–H groups in total. The van der Waals surface area contributed by atoms with E-state index < -0.39 is 5.91 Å². The number of nitrogens with zero attached hydrogens (tertiary/aromatic N) is 3. The first kappa shape index (κ1) is 14.9. The van der Waals surface area contributed by atoms with E-state index in [-0.39, 0.29) is 5.69 Å². The van der Waals surface area contributed by atoms with Gasteiger partial charge in [0.05, 0.1) is 6.04 Å². The molecule has 0 aromatic carbocycles. The molecule has 1 saturated heterocycles. The maximum absolute atomic E-state index is 11.2. The Bertz CT molecular complexity index is 625. The highest BCUT2D eigenvalue weighted by molar-refractivity contribution is 7.10. The van der Waals surface area contributed by atoms with E-state index in [1.807, 2.05) is 0 Å². The van der Waals surface area contributed by atoms with Gasteiger partial charge in [-0.3, -0.25) is 9.69 Å². The number of nitrogens with two attached hydrogens (primary N) is 1. The summed E-state index contributed by atoms with van der Waals surface area (Å²) in [6.45, 7) is 3.00. The molecule has 3 rings (SSSR count). The number of hydrogen-bond donors (Lipinski definition) is 2. The second-order valence-corrected chi connectivity index (χ2v) is 6.29. The van der Waals surface area contributed by atoms with Crippen molar-refractivity contribution in [2.75, 3.05) is 25.0 Å². The molecular formula is C15H19N5OS. The number of likely N-dealkylation sites (tertiary alicyclic amines) is 1. The van der Waals surface area contributed by atoms with Gasteiger partial charge >= 0.3 is 0 Å². The molecule has 1 unspecified atom stereocenters. The van der Waals surface area contributed by atoms with Crippen LogP contribution in [0.1, 0.15) is 34.2 Å². The molecule has 7 heteroatoms. The van der Waals surface area contributed by atoms with E-state index in [0.717, 1.165) is 19.6 Å². The zero-order valence-corrected chi connectivity index (χ0v) is 13.1. The zero-order chi connectivity index (χ0) is 15.4. The minimum absolute atomic E-state index is 0.228.